The molecule has 2 aliphatic rings. The number of carbonyl (C=O) groups is 2. The average Bonchev–Trinajstić information content (AvgIpc) is 3.06. The molecule has 124 valence electrons. The van der Waals surface area contributed by atoms with Crippen LogP contribution < -0.4 is 10.6 Å². The minimum Gasteiger partial charge on any atom is -0.350 e. The van der Waals surface area contributed by atoms with Crippen molar-refractivity contribution in [2.45, 2.75) is 58.3 Å². The normalized spacial score (nSPS) is 20.2. The molecular formula is C18H25N3O2. The molecule has 3 rings (SSSR count). The van der Waals surface area contributed by atoms with E-state index in [-0.39, 0.29) is 17.9 Å². The second-order valence-corrected chi connectivity index (χ2v) is 6.38. The van der Waals surface area contributed by atoms with E-state index in [4.69, 9.17) is 0 Å². The molecule has 0 spiro atoms. The molecule has 5 heteroatoms. The lowest BCUT2D eigenvalue weighted by Gasteiger charge is -2.34. The van der Waals surface area contributed by atoms with Gasteiger partial charge in [0.05, 0.1) is 0 Å². The van der Waals surface area contributed by atoms with Gasteiger partial charge in [0.1, 0.15) is 6.04 Å². The number of nitrogens with zero attached hydrogens (tertiary/aromatic N) is 1. The van der Waals surface area contributed by atoms with Crippen molar-refractivity contribution < 1.29 is 9.59 Å². The minimum absolute atomic E-state index is 0.0230. The highest BCUT2D eigenvalue weighted by Crippen LogP contribution is 2.19. The second kappa shape index (κ2) is 7.13. The summed E-state index contributed by atoms with van der Waals surface area (Å²) in [6, 6.07) is 6.06. The SMILES string of the molecule is CCC(=O)N1CCCCC1C(=O)NCc1ccc2c(c1)CNC2. The maximum Gasteiger partial charge on any atom is 0.243 e. The summed E-state index contributed by atoms with van der Waals surface area (Å²) in [7, 11) is 0. The summed E-state index contributed by atoms with van der Waals surface area (Å²) in [6.07, 6.45) is 3.23. The molecule has 0 saturated carbocycles. The summed E-state index contributed by atoms with van der Waals surface area (Å²) in [6.45, 7) is 4.91. The first kappa shape index (κ1) is 16.0. The van der Waals surface area contributed by atoms with E-state index in [0.29, 0.717) is 19.5 Å². The van der Waals surface area contributed by atoms with Crippen molar-refractivity contribution in [3.63, 3.8) is 0 Å². The van der Waals surface area contributed by atoms with Gasteiger partial charge in [0.2, 0.25) is 11.8 Å². The number of carbonyl (C=O) groups excluding carboxylic acids is 2. The van der Waals surface area contributed by atoms with Crippen LogP contribution in [-0.4, -0.2) is 29.3 Å². The van der Waals surface area contributed by atoms with Gasteiger partial charge in [-0.3, -0.25) is 9.59 Å². The molecular weight excluding hydrogens is 290 g/mol. The molecule has 2 heterocycles. The van der Waals surface area contributed by atoms with Gasteiger partial charge in [-0.05, 0) is 36.0 Å². The highest BCUT2D eigenvalue weighted by atomic mass is 16.2. The largest absolute Gasteiger partial charge is 0.350 e. The molecule has 0 aromatic heterocycles. The second-order valence-electron chi connectivity index (χ2n) is 6.38. The van der Waals surface area contributed by atoms with E-state index in [0.717, 1.165) is 37.9 Å². The van der Waals surface area contributed by atoms with Crippen molar-refractivity contribution in [3.05, 3.63) is 34.9 Å². The molecule has 5 nitrogen and oxygen atoms in total. The Morgan fingerprint density at radius 3 is 2.91 bits per heavy atom. The van der Waals surface area contributed by atoms with E-state index >= 15 is 0 Å². The van der Waals surface area contributed by atoms with Crippen LogP contribution >= 0.6 is 0 Å². The van der Waals surface area contributed by atoms with Gasteiger partial charge in [0.15, 0.2) is 0 Å². The third kappa shape index (κ3) is 3.55. The quantitative estimate of drug-likeness (QED) is 0.889. The summed E-state index contributed by atoms with van der Waals surface area (Å²) < 4.78 is 0. The molecule has 0 radical (unpaired) electrons. The topological polar surface area (TPSA) is 61.4 Å². The summed E-state index contributed by atoms with van der Waals surface area (Å²) in [5.41, 5.74) is 3.77. The number of benzene rings is 1. The molecule has 0 bridgehead atoms. The Balaban J connectivity index is 1.60. The van der Waals surface area contributed by atoms with Crippen molar-refractivity contribution in [1.82, 2.24) is 15.5 Å². The Bertz CT molecular complexity index is 600. The van der Waals surface area contributed by atoms with Gasteiger partial charge in [-0.15, -0.1) is 0 Å². The third-order valence-corrected chi connectivity index (χ3v) is 4.80. The van der Waals surface area contributed by atoms with Crippen molar-refractivity contribution in [1.29, 1.82) is 0 Å². The van der Waals surface area contributed by atoms with E-state index in [9.17, 15) is 9.59 Å². The predicted octanol–water partition coefficient (Wildman–Crippen LogP) is 1.70. The third-order valence-electron chi connectivity index (χ3n) is 4.80. The number of nitrogens with one attached hydrogen (secondary N) is 2. The first-order valence-corrected chi connectivity index (χ1v) is 8.57. The molecule has 1 saturated heterocycles. The maximum atomic E-state index is 12.5. The standard InChI is InChI=1S/C18H25N3O2/c1-2-17(22)21-8-4-3-5-16(21)18(23)20-10-13-6-7-14-11-19-12-15(14)9-13/h6-7,9,16,19H,2-5,8,10-12H2,1H3,(H,20,23). The number of amides is 2. The number of likely N-dealkylation sites (tertiary alicyclic amines) is 1. The van der Waals surface area contributed by atoms with Crippen LogP contribution in [0.3, 0.4) is 0 Å². The van der Waals surface area contributed by atoms with Crippen molar-refractivity contribution in [2.24, 2.45) is 0 Å². The van der Waals surface area contributed by atoms with E-state index < -0.39 is 0 Å². The molecule has 23 heavy (non-hydrogen) atoms. The van der Waals surface area contributed by atoms with Gasteiger partial charge in [0.25, 0.3) is 0 Å². The van der Waals surface area contributed by atoms with Gasteiger partial charge < -0.3 is 15.5 Å². The predicted molar refractivity (Wildman–Crippen MR) is 88.5 cm³/mol. The number of fused-ring (bicyclic) bond motifs is 1. The molecule has 1 atom stereocenters. The van der Waals surface area contributed by atoms with Crippen LogP contribution in [0, 0.1) is 0 Å². The smallest absolute Gasteiger partial charge is 0.243 e. The van der Waals surface area contributed by atoms with Crippen LogP contribution in [0.25, 0.3) is 0 Å². The molecule has 2 N–H and O–H groups in total. The molecule has 2 aliphatic heterocycles. The zero-order valence-corrected chi connectivity index (χ0v) is 13.7. The van der Waals surface area contributed by atoms with E-state index in [2.05, 4.69) is 28.8 Å². The first-order valence-electron chi connectivity index (χ1n) is 8.57. The lowest BCUT2D eigenvalue weighted by Crippen LogP contribution is -2.51. The molecule has 1 fully saturated rings. The van der Waals surface area contributed by atoms with Crippen LogP contribution in [0.4, 0.5) is 0 Å². The fraction of sp³-hybridized carbons (Fsp3) is 0.556. The van der Waals surface area contributed by atoms with E-state index in [1.54, 1.807) is 4.90 Å². The summed E-state index contributed by atoms with van der Waals surface area (Å²) in [4.78, 5) is 26.3. The van der Waals surface area contributed by atoms with Gasteiger partial charge in [0, 0.05) is 32.6 Å². The maximum absolute atomic E-state index is 12.5. The Kier molecular flexibility index (Phi) is 4.96. The zero-order valence-electron chi connectivity index (χ0n) is 13.7. The van der Waals surface area contributed by atoms with Crippen LogP contribution in [-0.2, 0) is 29.2 Å². The van der Waals surface area contributed by atoms with Crippen molar-refractivity contribution in [2.75, 3.05) is 6.54 Å². The number of piperidine rings is 1. The molecule has 1 aromatic rings. The monoisotopic (exact) mass is 315 g/mol. The fourth-order valence-electron chi connectivity index (χ4n) is 3.47. The number of hydrogen-bond acceptors (Lipinski definition) is 3. The van der Waals surface area contributed by atoms with Crippen LogP contribution in [0.2, 0.25) is 0 Å². The Morgan fingerprint density at radius 2 is 2.09 bits per heavy atom. The van der Waals surface area contributed by atoms with Crippen molar-refractivity contribution in [3.8, 4) is 0 Å². The first-order chi connectivity index (χ1) is 11.2. The Morgan fingerprint density at radius 1 is 1.26 bits per heavy atom. The van der Waals surface area contributed by atoms with Crippen LogP contribution in [0.1, 0.15) is 49.3 Å². The Hall–Kier alpha value is -1.88. The Labute approximate surface area is 137 Å². The number of rotatable bonds is 4. The summed E-state index contributed by atoms with van der Waals surface area (Å²) >= 11 is 0. The highest BCUT2D eigenvalue weighted by molar-refractivity contribution is 5.87. The van der Waals surface area contributed by atoms with E-state index in [1.165, 1.54) is 11.1 Å². The highest BCUT2D eigenvalue weighted by Gasteiger charge is 2.31. The minimum atomic E-state index is -0.299. The molecule has 1 unspecified atom stereocenters. The molecule has 1 aromatic carbocycles. The lowest BCUT2D eigenvalue weighted by atomic mass is 10.0. The lowest BCUT2D eigenvalue weighted by molar-refractivity contribution is -0.142. The van der Waals surface area contributed by atoms with Gasteiger partial charge in [-0.25, -0.2) is 0 Å². The molecule has 0 aliphatic carbocycles. The fourth-order valence-corrected chi connectivity index (χ4v) is 3.47. The van der Waals surface area contributed by atoms with Crippen molar-refractivity contribution >= 4 is 11.8 Å². The van der Waals surface area contributed by atoms with E-state index in [1.807, 2.05) is 6.92 Å². The zero-order chi connectivity index (χ0) is 16.2. The molecule has 2 amide bonds. The average molecular weight is 315 g/mol. The summed E-state index contributed by atoms with van der Waals surface area (Å²) in [5.74, 6) is 0.0542. The number of hydrogen-bond donors (Lipinski definition) is 2. The summed E-state index contributed by atoms with van der Waals surface area (Å²) in [5, 5.41) is 6.34. The van der Waals surface area contributed by atoms with Crippen LogP contribution in [0.5, 0.6) is 0 Å². The van der Waals surface area contributed by atoms with Gasteiger partial charge in [-0.1, -0.05) is 25.1 Å². The van der Waals surface area contributed by atoms with Crippen LogP contribution in [0.15, 0.2) is 18.2 Å². The van der Waals surface area contributed by atoms with Gasteiger partial charge >= 0.3 is 0 Å². The van der Waals surface area contributed by atoms with Gasteiger partial charge in [-0.2, -0.15) is 0 Å².